The van der Waals surface area contributed by atoms with Gasteiger partial charge in [0.05, 0.1) is 0 Å². The Balaban J connectivity index is 1.24. The fourth-order valence-corrected chi connectivity index (χ4v) is 10.1. The van der Waals surface area contributed by atoms with Crippen molar-refractivity contribution in [3.8, 4) is 0 Å². The van der Waals surface area contributed by atoms with Gasteiger partial charge in [-0.3, -0.25) is 4.79 Å². The summed E-state index contributed by atoms with van der Waals surface area (Å²) in [5.74, 6) is 5.81. The SMILES string of the molecule is CCCCCCCCNC(=O)CC[C@@H](C)[C@H]1CC[C@H]2[C@@H]3CCC4CCCC[C@]4(C)[C@H]3CC[C@]12C. The summed E-state index contributed by atoms with van der Waals surface area (Å²) in [5.41, 5.74) is 1.19. The van der Waals surface area contributed by atoms with Gasteiger partial charge < -0.3 is 5.32 Å². The minimum Gasteiger partial charge on any atom is -0.356 e. The number of carbonyl (C=O) groups excluding carboxylic acids is 1. The molecule has 8 atom stereocenters. The minimum absolute atomic E-state index is 0.298. The Morgan fingerprint density at radius 3 is 2.44 bits per heavy atom. The topological polar surface area (TPSA) is 29.1 Å². The predicted molar refractivity (Wildman–Crippen MR) is 145 cm³/mol. The highest BCUT2D eigenvalue weighted by Crippen LogP contribution is 2.68. The lowest BCUT2D eigenvalue weighted by Gasteiger charge is -2.61. The molecule has 1 amide bonds. The molecular formula is C32H57NO. The molecule has 34 heavy (non-hydrogen) atoms. The van der Waals surface area contributed by atoms with E-state index in [0.717, 1.165) is 55.4 Å². The average molecular weight is 472 g/mol. The number of nitrogens with one attached hydrogen (secondary N) is 1. The first-order valence-electron chi connectivity index (χ1n) is 15.7. The van der Waals surface area contributed by atoms with Crippen molar-refractivity contribution in [2.45, 2.75) is 143 Å². The number of rotatable bonds is 11. The van der Waals surface area contributed by atoms with E-state index in [1.54, 1.807) is 0 Å². The van der Waals surface area contributed by atoms with Gasteiger partial charge in [-0.25, -0.2) is 0 Å². The van der Waals surface area contributed by atoms with Crippen molar-refractivity contribution in [1.82, 2.24) is 5.32 Å². The zero-order valence-electron chi connectivity index (χ0n) is 23.3. The van der Waals surface area contributed by atoms with Crippen molar-refractivity contribution in [2.75, 3.05) is 6.54 Å². The highest BCUT2D eigenvalue weighted by Gasteiger charge is 2.60. The van der Waals surface area contributed by atoms with Crippen LogP contribution in [0.3, 0.4) is 0 Å². The van der Waals surface area contributed by atoms with E-state index in [0.29, 0.717) is 22.7 Å². The van der Waals surface area contributed by atoms with Gasteiger partial charge in [0.15, 0.2) is 0 Å². The van der Waals surface area contributed by atoms with Gasteiger partial charge in [0.2, 0.25) is 5.91 Å². The van der Waals surface area contributed by atoms with Gasteiger partial charge in [-0.1, -0.05) is 72.6 Å². The van der Waals surface area contributed by atoms with E-state index in [1.165, 1.54) is 96.3 Å². The molecule has 0 aliphatic heterocycles. The molecule has 4 rings (SSSR count). The summed E-state index contributed by atoms with van der Waals surface area (Å²) in [4.78, 5) is 12.5. The zero-order chi connectivity index (χ0) is 24.2. The van der Waals surface area contributed by atoms with Crippen molar-refractivity contribution >= 4 is 5.91 Å². The molecule has 0 aromatic rings. The molecule has 2 nitrogen and oxygen atoms in total. The first kappa shape index (κ1) is 26.5. The van der Waals surface area contributed by atoms with E-state index in [9.17, 15) is 4.79 Å². The molecule has 4 fully saturated rings. The normalized spacial score (nSPS) is 40.2. The van der Waals surface area contributed by atoms with Crippen molar-refractivity contribution in [3.63, 3.8) is 0 Å². The monoisotopic (exact) mass is 471 g/mol. The summed E-state index contributed by atoms with van der Waals surface area (Å²) in [5, 5.41) is 3.21. The standard InChI is InChI=1S/C32H57NO/c1-5-6-7-8-9-12-23-33-30(34)19-14-24(2)27-17-18-28-26-16-15-25-13-10-11-21-31(25,3)29(26)20-22-32(27,28)4/h24-29H,5-23H2,1-4H3,(H,33,34)/t24-,25?,26+,27-,28+,29+,31+,32-/m1/s1. The maximum atomic E-state index is 12.5. The van der Waals surface area contributed by atoms with Gasteiger partial charge in [-0.2, -0.15) is 0 Å². The molecule has 4 saturated carbocycles. The van der Waals surface area contributed by atoms with Gasteiger partial charge in [0, 0.05) is 13.0 Å². The van der Waals surface area contributed by atoms with E-state index in [4.69, 9.17) is 0 Å². The van der Waals surface area contributed by atoms with Crippen molar-refractivity contribution in [1.29, 1.82) is 0 Å². The first-order valence-corrected chi connectivity index (χ1v) is 15.7. The Morgan fingerprint density at radius 1 is 0.853 bits per heavy atom. The lowest BCUT2D eigenvalue weighted by atomic mass is 9.44. The Morgan fingerprint density at radius 2 is 1.62 bits per heavy atom. The van der Waals surface area contributed by atoms with Crippen LogP contribution in [-0.4, -0.2) is 12.5 Å². The van der Waals surface area contributed by atoms with Gasteiger partial charge in [-0.05, 0) is 111 Å². The largest absolute Gasteiger partial charge is 0.356 e. The Hall–Kier alpha value is -0.530. The molecular weight excluding hydrogens is 414 g/mol. The fourth-order valence-electron chi connectivity index (χ4n) is 10.1. The number of unbranched alkanes of at least 4 members (excludes halogenated alkanes) is 5. The molecule has 0 aromatic heterocycles. The van der Waals surface area contributed by atoms with E-state index in [-0.39, 0.29) is 0 Å². The van der Waals surface area contributed by atoms with Crippen molar-refractivity contribution < 1.29 is 4.79 Å². The van der Waals surface area contributed by atoms with Crippen LogP contribution in [0.25, 0.3) is 0 Å². The molecule has 0 bridgehead atoms. The molecule has 0 radical (unpaired) electrons. The third kappa shape index (κ3) is 5.41. The summed E-state index contributed by atoms with van der Waals surface area (Å²) < 4.78 is 0. The molecule has 196 valence electrons. The second kappa shape index (κ2) is 11.7. The van der Waals surface area contributed by atoms with Crippen LogP contribution >= 0.6 is 0 Å². The van der Waals surface area contributed by atoms with Crippen LogP contribution in [0.15, 0.2) is 0 Å². The number of hydrogen-bond acceptors (Lipinski definition) is 1. The van der Waals surface area contributed by atoms with Crippen LogP contribution in [0.2, 0.25) is 0 Å². The van der Waals surface area contributed by atoms with Gasteiger partial charge in [0.25, 0.3) is 0 Å². The third-order valence-electron chi connectivity index (χ3n) is 12.0. The summed E-state index contributed by atoms with van der Waals surface area (Å²) >= 11 is 0. The van der Waals surface area contributed by atoms with Crippen LogP contribution in [0.5, 0.6) is 0 Å². The Bertz CT molecular complexity index is 659. The quantitative estimate of drug-likeness (QED) is 0.299. The molecule has 1 unspecified atom stereocenters. The molecule has 4 aliphatic rings. The molecule has 0 aromatic carbocycles. The maximum Gasteiger partial charge on any atom is 0.220 e. The zero-order valence-corrected chi connectivity index (χ0v) is 23.3. The highest BCUT2D eigenvalue weighted by atomic mass is 16.1. The Kier molecular flexibility index (Phi) is 9.11. The molecule has 4 aliphatic carbocycles. The lowest BCUT2D eigenvalue weighted by Crippen LogP contribution is -2.53. The van der Waals surface area contributed by atoms with Crippen LogP contribution in [0.4, 0.5) is 0 Å². The summed E-state index contributed by atoms with van der Waals surface area (Å²) in [6.07, 6.45) is 24.4. The molecule has 1 N–H and O–H groups in total. The summed E-state index contributed by atoms with van der Waals surface area (Å²) in [6, 6.07) is 0. The molecule has 2 heteroatoms. The van der Waals surface area contributed by atoms with Gasteiger partial charge >= 0.3 is 0 Å². The van der Waals surface area contributed by atoms with Crippen LogP contribution in [0.1, 0.15) is 143 Å². The van der Waals surface area contributed by atoms with Crippen molar-refractivity contribution in [3.05, 3.63) is 0 Å². The van der Waals surface area contributed by atoms with Crippen LogP contribution < -0.4 is 5.32 Å². The second-order valence-corrected chi connectivity index (χ2v) is 13.8. The molecule has 0 spiro atoms. The first-order chi connectivity index (χ1) is 16.4. The summed E-state index contributed by atoms with van der Waals surface area (Å²) in [7, 11) is 0. The fraction of sp³-hybridized carbons (Fsp3) is 0.969. The molecule has 0 saturated heterocycles. The lowest BCUT2D eigenvalue weighted by molar-refractivity contribution is -0.122. The van der Waals surface area contributed by atoms with E-state index in [1.807, 2.05) is 0 Å². The van der Waals surface area contributed by atoms with E-state index >= 15 is 0 Å². The van der Waals surface area contributed by atoms with E-state index < -0.39 is 0 Å². The van der Waals surface area contributed by atoms with Gasteiger partial charge in [0.1, 0.15) is 0 Å². The average Bonchev–Trinajstić information content (AvgIpc) is 3.19. The van der Waals surface area contributed by atoms with Crippen LogP contribution in [-0.2, 0) is 4.79 Å². The number of carbonyl (C=O) groups is 1. The smallest absolute Gasteiger partial charge is 0.220 e. The highest BCUT2D eigenvalue weighted by molar-refractivity contribution is 5.75. The van der Waals surface area contributed by atoms with Crippen LogP contribution in [0, 0.1) is 46.3 Å². The number of fused-ring (bicyclic) bond motifs is 5. The van der Waals surface area contributed by atoms with Gasteiger partial charge in [-0.15, -0.1) is 0 Å². The predicted octanol–water partition coefficient (Wildman–Crippen LogP) is 8.93. The number of amides is 1. The minimum atomic E-state index is 0.298. The summed E-state index contributed by atoms with van der Waals surface area (Å²) in [6.45, 7) is 11.0. The Labute approximate surface area is 212 Å². The maximum absolute atomic E-state index is 12.5. The van der Waals surface area contributed by atoms with Crippen molar-refractivity contribution in [2.24, 2.45) is 46.3 Å². The number of hydrogen-bond donors (Lipinski definition) is 1. The van der Waals surface area contributed by atoms with E-state index in [2.05, 4.69) is 33.0 Å². The molecule has 0 heterocycles. The second-order valence-electron chi connectivity index (χ2n) is 13.8. The third-order valence-corrected chi connectivity index (χ3v) is 12.0.